The average molecular weight is 602 g/mol. The fourth-order valence-corrected chi connectivity index (χ4v) is 6.57. The smallest absolute Gasteiger partial charge is 0.378 e. The summed E-state index contributed by atoms with van der Waals surface area (Å²) < 4.78 is 37.3. The molecule has 0 saturated carbocycles. The Kier molecular flexibility index (Phi) is 9.55. The Hall–Kier alpha value is -3.64. The Morgan fingerprint density at radius 1 is 1.02 bits per heavy atom. The highest BCUT2D eigenvalue weighted by Gasteiger charge is 2.36. The molecule has 1 aliphatic heterocycles. The Morgan fingerprint density at radius 3 is 2.14 bits per heavy atom. The van der Waals surface area contributed by atoms with Crippen molar-refractivity contribution in [3.05, 3.63) is 106 Å². The van der Waals surface area contributed by atoms with Gasteiger partial charge in [-0.25, -0.2) is 4.57 Å². The molecule has 1 fully saturated rings. The molecule has 10 heteroatoms. The number of hydrogen-bond acceptors (Lipinski definition) is 9. The van der Waals surface area contributed by atoms with Gasteiger partial charge in [-0.2, -0.15) is 5.26 Å². The predicted octanol–water partition coefficient (Wildman–Crippen LogP) is 6.56. The third-order valence-electron chi connectivity index (χ3n) is 8.04. The summed E-state index contributed by atoms with van der Waals surface area (Å²) in [6.07, 6.45) is 2.46. The Bertz CT molecular complexity index is 1510. The summed E-state index contributed by atoms with van der Waals surface area (Å²) in [5.41, 5.74) is 4.11. The molecule has 2 heterocycles. The zero-order chi connectivity index (χ0) is 30.5. The van der Waals surface area contributed by atoms with Gasteiger partial charge in [-0.3, -0.25) is 23.3 Å². The molecule has 0 spiro atoms. The van der Waals surface area contributed by atoms with Crippen LogP contribution in [0.15, 0.2) is 78.5 Å². The summed E-state index contributed by atoms with van der Waals surface area (Å²) >= 11 is 0. The second-order valence-corrected chi connectivity index (χ2v) is 12.7. The molecular formula is C33H36N3O6P. The molecule has 43 heavy (non-hydrogen) atoms. The number of benzene rings is 2. The van der Waals surface area contributed by atoms with Crippen molar-refractivity contribution in [1.29, 1.82) is 5.26 Å². The molecule has 9 nitrogen and oxygen atoms in total. The van der Waals surface area contributed by atoms with Gasteiger partial charge in [-0.1, -0.05) is 60.7 Å². The number of Topliss-reactive ketones (excluding diaryl/α,β-unsaturated/α-hetero) is 1. The van der Waals surface area contributed by atoms with E-state index >= 15 is 0 Å². The van der Waals surface area contributed by atoms with E-state index in [4.69, 9.17) is 18.3 Å². The maximum absolute atomic E-state index is 14.0. The molecule has 3 aromatic rings. The Morgan fingerprint density at radius 2 is 1.60 bits per heavy atom. The third kappa shape index (κ3) is 7.30. The minimum absolute atomic E-state index is 0.0348. The molecule has 1 saturated heterocycles. The number of hydrogen-bond donors (Lipinski definition) is 0. The van der Waals surface area contributed by atoms with Crippen LogP contribution in [0.3, 0.4) is 0 Å². The molecule has 1 aliphatic carbocycles. The highest BCUT2D eigenvalue weighted by molar-refractivity contribution is 7.48. The van der Waals surface area contributed by atoms with Gasteiger partial charge in [0.2, 0.25) is 0 Å². The number of nitrogens with zero attached hydrogens (tertiary/aromatic N) is 3. The van der Waals surface area contributed by atoms with E-state index in [9.17, 15) is 14.6 Å². The maximum atomic E-state index is 14.0. The molecule has 2 aliphatic rings. The number of nitriles is 1. The summed E-state index contributed by atoms with van der Waals surface area (Å²) in [4.78, 5) is 19.6. The molecule has 2 aromatic carbocycles. The molecule has 224 valence electrons. The van der Waals surface area contributed by atoms with Gasteiger partial charge >= 0.3 is 7.82 Å². The molecule has 0 amide bonds. The van der Waals surface area contributed by atoms with Gasteiger partial charge in [0.15, 0.2) is 5.78 Å². The topological polar surface area (TPSA) is 111 Å². The van der Waals surface area contributed by atoms with E-state index in [2.05, 4.69) is 22.9 Å². The Balaban J connectivity index is 1.41. The minimum atomic E-state index is -4.07. The van der Waals surface area contributed by atoms with Gasteiger partial charge in [0.05, 0.1) is 30.2 Å². The second kappa shape index (κ2) is 13.3. The average Bonchev–Trinajstić information content (AvgIpc) is 3.03. The third-order valence-corrected chi connectivity index (χ3v) is 9.50. The first kappa shape index (κ1) is 30.8. The first-order valence-corrected chi connectivity index (χ1v) is 15.8. The SMILES string of the molecule is COC1(C)CCN(C2=C(C#N)C(=O)Cc3cnc(C(C)OP(=O)(OCc4ccccc4)OCc4ccccc4)cc32)CC1. The number of methoxy groups -OCH3 is 1. The molecule has 1 aromatic heterocycles. The van der Waals surface area contributed by atoms with Crippen molar-refractivity contribution in [2.45, 2.75) is 58.0 Å². The van der Waals surface area contributed by atoms with Crippen LogP contribution < -0.4 is 0 Å². The van der Waals surface area contributed by atoms with E-state index in [1.165, 1.54) is 0 Å². The number of likely N-dealkylation sites (tertiary alicyclic amines) is 1. The number of aromatic nitrogens is 1. The molecule has 1 unspecified atom stereocenters. The number of rotatable bonds is 11. The van der Waals surface area contributed by atoms with E-state index in [-0.39, 0.29) is 36.6 Å². The van der Waals surface area contributed by atoms with Gasteiger partial charge < -0.3 is 9.64 Å². The van der Waals surface area contributed by atoms with E-state index in [0.29, 0.717) is 24.5 Å². The quantitative estimate of drug-likeness (QED) is 0.226. The van der Waals surface area contributed by atoms with Crippen molar-refractivity contribution in [2.24, 2.45) is 0 Å². The van der Waals surface area contributed by atoms with Crippen LogP contribution in [0, 0.1) is 11.3 Å². The van der Waals surface area contributed by atoms with Crippen LogP contribution >= 0.6 is 7.82 Å². The van der Waals surface area contributed by atoms with Crippen LogP contribution in [0.25, 0.3) is 5.70 Å². The molecule has 0 radical (unpaired) electrons. The maximum Gasteiger partial charge on any atom is 0.476 e. The zero-order valence-electron chi connectivity index (χ0n) is 24.7. The second-order valence-electron chi connectivity index (χ2n) is 11.1. The number of phosphoric acid groups is 1. The monoisotopic (exact) mass is 601 g/mol. The Labute approximate surface area is 252 Å². The number of pyridine rings is 1. The summed E-state index contributed by atoms with van der Waals surface area (Å²) in [7, 11) is -2.36. The van der Waals surface area contributed by atoms with Crippen molar-refractivity contribution in [3.63, 3.8) is 0 Å². The molecule has 1 atom stereocenters. The van der Waals surface area contributed by atoms with Crippen LogP contribution in [0.5, 0.6) is 0 Å². The van der Waals surface area contributed by atoms with E-state index in [1.807, 2.05) is 66.7 Å². The van der Waals surface area contributed by atoms with Crippen LogP contribution in [0.2, 0.25) is 0 Å². The first-order chi connectivity index (χ1) is 20.7. The van der Waals surface area contributed by atoms with Crippen LogP contribution in [-0.4, -0.2) is 41.5 Å². The lowest BCUT2D eigenvalue weighted by Crippen LogP contribution is -2.43. The standard InChI is InChI=1S/C33H36N3O6P/c1-24(42-43(38,40-22-25-10-6-4-7-11-25)41-23-26-12-8-5-9-13-26)30-19-28-27(21-35-30)18-31(37)29(20-34)32(28)36-16-14-33(2,39-3)15-17-36/h4-13,19,21,24H,14-18,22-23H2,1-3H3. The minimum Gasteiger partial charge on any atom is -0.378 e. The van der Waals surface area contributed by atoms with E-state index in [1.54, 1.807) is 20.2 Å². The first-order valence-electron chi connectivity index (χ1n) is 14.3. The number of ketones is 1. The fourth-order valence-electron chi connectivity index (χ4n) is 5.26. The van der Waals surface area contributed by atoms with Gasteiger partial charge in [-0.05, 0) is 49.4 Å². The number of allylic oxidation sites excluding steroid dienone is 1. The summed E-state index contributed by atoms with van der Waals surface area (Å²) in [6.45, 7) is 5.14. The normalized spacial score (nSPS) is 17.3. The number of piperidine rings is 1. The summed E-state index contributed by atoms with van der Waals surface area (Å²) in [5, 5.41) is 9.98. The number of carbonyl (C=O) groups is 1. The van der Waals surface area contributed by atoms with Crippen molar-refractivity contribution < 1.29 is 27.7 Å². The van der Waals surface area contributed by atoms with Crippen LogP contribution in [0.4, 0.5) is 0 Å². The van der Waals surface area contributed by atoms with E-state index in [0.717, 1.165) is 35.1 Å². The number of fused-ring (bicyclic) bond motifs is 1. The lowest BCUT2D eigenvalue weighted by Gasteiger charge is -2.41. The van der Waals surface area contributed by atoms with Crippen molar-refractivity contribution in [3.8, 4) is 6.07 Å². The largest absolute Gasteiger partial charge is 0.476 e. The van der Waals surface area contributed by atoms with Gasteiger partial charge in [-0.15, -0.1) is 0 Å². The fraction of sp³-hybridized carbons (Fsp3) is 0.364. The van der Waals surface area contributed by atoms with Gasteiger partial charge in [0.25, 0.3) is 0 Å². The molecule has 0 bridgehead atoms. The van der Waals surface area contributed by atoms with Crippen molar-refractivity contribution >= 4 is 19.3 Å². The molecular weight excluding hydrogens is 565 g/mol. The summed E-state index contributed by atoms with van der Waals surface area (Å²) in [5.74, 6) is -0.225. The zero-order valence-corrected chi connectivity index (χ0v) is 25.6. The lowest BCUT2D eigenvalue weighted by molar-refractivity contribution is -0.114. The highest BCUT2D eigenvalue weighted by atomic mass is 31.2. The van der Waals surface area contributed by atoms with Crippen molar-refractivity contribution in [2.75, 3.05) is 20.2 Å². The van der Waals surface area contributed by atoms with Gasteiger partial charge in [0.1, 0.15) is 17.7 Å². The number of carbonyl (C=O) groups excluding carboxylic acids is 1. The molecule has 0 N–H and O–H groups in total. The van der Waals surface area contributed by atoms with Crippen molar-refractivity contribution in [1.82, 2.24) is 9.88 Å². The lowest BCUT2D eigenvalue weighted by atomic mass is 9.86. The van der Waals surface area contributed by atoms with Crippen LogP contribution in [0.1, 0.15) is 60.7 Å². The highest BCUT2D eigenvalue weighted by Crippen LogP contribution is 2.54. The van der Waals surface area contributed by atoms with Crippen LogP contribution in [-0.2, 0) is 47.3 Å². The number of ether oxygens (including phenoxy) is 1. The predicted molar refractivity (Wildman–Crippen MR) is 161 cm³/mol. The van der Waals surface area contributed by atoms with Gasteiger partial charge in [0, 0.05) is 38.4 Å². The van der Waals surface area contributed by atoms with E-state index < -0.39 is 13.9 Å². The summed E-state index contributed by atoms with van der Waals surface area (Å²) in [6, 6.07) is 22.7. The number of phosphoric ester groups is 1. The molecule has 5 rings (SSSR count).